The second-order valence-electron chi connectivity index (χ2n) is 5.44. The molecule has 0 saturated carbocycles. The standard InChI is InChI=1S/C17H19NO5/c1-10(12-7-5-4-6-8-12)18-11(2)15(17(22)23-3)13(16(18)21)9-14(19)20/h4-8,10,13H,9H2,1-3H3,(H,19,20)/t10-,13?/m0/s1. The minimum atomic E-state index is -1.13. The topological polar surface area (TPSA) is 83.9 Å². The minimum Gasteiger partial charge on any atom is -0.481 e. The highest BCUT2D eigenvalue weighted by Crippen LogP contribution is 2.38. The summed E-state index contributed by atoms with van der Waals surface area (Å²) in [5.41, 5.74) is 1.48. The minimum absolute atomic E-state index is 0.127. The largest absolute Gasteiger partial charge is 0.481 e. The number of hydrogen-bond acceptors (Lipinski definition) is 4. The number of nitrogens with zero attached hydrogens (tertiary/aromatic N) is 1. The van der Waals surface area contributed by atoms with Gasteiger partial charge < -0.3 is 14.7 Å². The van der Waals surface area contributed by atoms with Gasteiger partial charge in [0.2, 0.25) is 5.91 Å². The van der Waals surface area contributed by atoms with Crippen molar-refractivity contribution in [1.29, 1.82) is 0 Å². The van der Waals surface area contributed by atoms with Gasteiger partial charge in [-0.3, -0.25) is 9.59 Å². The lowest BCUT2D eigenvalue weighted by Gasteiger charge is -2.27. The molecule has 0 aromatic heterocycles. The highest BCUT2D eigenvalue weighted by Gasteiger charge is 2.44. The third kappa shape index (κ3) is 3.11. The number of carbonyl (C=O) groups is 3. The second-order valence-corrected chi connectivity index (χ2v) is 5.44. The second kappa shape index (κ2) is 6.64. The summed E-state index contributed by atoms with van der Waals surface area (Å²) in [7, 11) is 1.22. The van der Waals surface area contributed by atoms with Crippen molar-refractivity contribution in [2.24, 2.45) is 5.92 Å². The predicted octanol–water partition coefficient (Wildman–Crippen LogP) is 2.13. The van der Waals surface area contributed by atoms with Crippen molar-refractivity contribution < 1.29 is 24.2 Å². The van der Waals surface area contributed by atoms with Crippen LogP contribution in [-0.2, 0) is 19.1 Å². The Morgan fingerprint density at radius 1 is 1.30 bits per heavy atom. The molecule has 1 aliphatic heterocycles. The van der Waals surface area contributed by atoms with Gasteiger partial charge in [0.05, 0.1) is 31.1 Å². The molecule has 1 unspecified atom stereocenters. The Bertz CT molecular complexity index is 665. The normalized spacial score (nSPS) is 19.0. The first-order chi connectivity index (χ1) is 10.9. The Morgan fingerprint density at radius 3 is 2.43 bits per heavy atom. The quantitative estimate of drug-likeness (QED) is 0.841. The van der Waals surface area contributed by atoms with E-state index in [9.17, 15) is 14.4 Å². The molecule has 23 heavy (non-hydrogen) atoms. The van der Waals surface area contributed by atoms with Crippen molar-refractivity contribution in [3.63, 3.8) is 0 Å². The van der Waals surface area contributed by atoms with E-state index in [-0.39, 0.29) is 17.5 Å². The summed E-state index contributed by atoms with van der Waals surface area (Å²) >= 11 is 0. The highest BCUT2D eigenvalue weighted by molar-refractivity contribution is 6.03. The van der Waals surface area contributed by atoms with Gasteiger partial charge in [-0.2, -0.15) is 0 Å². The molecule has 1 amide bonds. The number of carboxylic acids is 1. The zero-order chi connectivity index (χ0) is 17.1. The number of benzene rings is 1. The maximum absolute atomic E-state index is 12.7. The number of carboxylic acid groups (broad SMARTS) is 1. The zero-order valence-corrected chi connectivity index (χ0v) is 13.3. The van der Waals surface area contributed by atoms with Gasteiger partial charge in [-0.1, -0.05) is 30.3 Å². The molecular formula is C17H19NO5. The van der Waals surface area contributed by atoms with Gasteiger partial charge in [0.1, 0.15) is 0 Å². The summed E-state index contributed by atoms with van der Waals surface area (Å²) in [5, 5.41) is 9.05. The Balaban J connectivity index is 2.44. The first-order valence-electron chi connectivity index (χ1n) is 7.27. The van der Waals surface area contributed by atoms with E-state index in [1.807, 2.05) is 37.3 Å². The van der Waals surface area contributed by atoms with E-state index in [0.717, 1.165) is 5.56 Å². The van der Waals surface area contributed by atoms with E-state index in [1.54, 1.807) is 6.92 Å². The molecule has 1 aromatic rings. The Morgan fingerprint density at radius 2 is 1.91 bits per heavy atom. The summed E-state index contributed by atoms with van der Waals surface area (Å²) < 4.78 is 4.73. The lowest BCUT2D eigenvalue weighted by molar-refractivity contribution is -0.143. The van der Waals surface area contributed by atoms with Crippen LogP contribution in [0, 0.1) is 5.92 Å². The molecule has 0 fully saturated rings. The van der Waals surface area contributed by atoms with E-state index in [0.29, 0.717) is 5.70 Å². The van der Waals surface area contributed by atoms with Crippen molar-refractivity contribution in [3.8, 4) is 0 Å². The number of allylic oxidation sites excluding steroid dienone is 1. The number of carbonyl (C=O) groups excluding carboxylic acids is 2. The molecule has 122 valence electrons. The average molecular weight is 317 g/mol. The Labute approximate surface area is 134 Å². The fourth-order valence-corrected chi connectivity index (χ4v) is 2.96. The number of hydrogen-bond donors (Lipinski definition) is 1. The van der Waals surface area contributed by atoms with Gasteiger partial charge in [-0.25, -0.2) is 4.79 Å². The highest BCUT2D eigenvalue weighted by atomic mass is 16.5. The molecule has 1 aliphatic rings. The Kier molecular flexibility index (Phi) is 4.83. The molecule has 2 atom stereocenters. The van der Waals surface area contributed by atoms with Crippen LogP contribution in [0.4, 0.5) is 0 Å². The van der Waals surface area contributed by atoms with E-state index in [1.165, 1.54) is 12.0 Å². The molecule has 1 heterocycles. The van der Waals surface area contributed by atoms with Gasteiger partial charge in [0, 0.05) is 5.70 Å². The molecular weight excluding hydrogens is 298 g/mol. The first kappa shape index (κ1) is 16.7. The first-order valence-corrected chi connectivity index (χ1v) is 7.27. The van der Waals surface area contributed by atoms with Crippen molar-refractivity contribution >= 4 is 17.8 Å². The Hall–Kier alpha value is -2.63. The van der Waals surface area contributed by atoms with Crippen LogP contribution in [-0.4, -0.2) is 35.0 Å². The van der Waals surface area contributed by atoms with Crippen LogP contribution < -0.4 is 0 Å². The van der Waals surface area contributed by atoms with Gasteiger partial charge in [0.25, 0.3) is 0 Å². The summed E-state index contributed by atoms with van der Waals surface area (Å²) in [4.78, 5) is 37.3. The van der Waals surface area contributed by atoms with Crippen molar-refractivity contribution in [2.45, 2.75) is 26.3 Å². The van der Waals surface area contributed by atoms with Crippen LogP contribution in [0.5, 0.6) is 0 Å². The molecule has 0 bridgehead atoms. The number of amides is 1. The third-order valence-corrected chi connectivity index (χ3v) is 4.09. The van der Waals surface area contributed by atoms with Crippen molar-refractivity contribution in [2.75, 3.05) is 7.11 Å². The van der Waals surface area contributed by atoms with Crippen LogP contribution in [0.25, 0.3) is 0 Å². The molecule has 6 heteroatoms. The van der Waals surface area contributed by atoms with Gasteiger partial charge >= 0.3 is 11.9 Å². The predicted molar refractivity (Wildman–Crippen MR) is 82.2 cm³/mol. The fourth-order valence-electron chi connectivity index (χ4n) is 2.96. The van der Waals surface area contributed by atoms with Gasteiger partial charge in [-0.05, 0) is 19.4 Å². The number of esters is 1. The number of aliphatic carboxylic acids is 1. The van der Waals surface area contributed by atoms with Crippen LogP contribution in [0.15, 0.2) is 41.6 Å². The zero-order valence-electron chi connectivity index (χ0n) is 13.3. The fraction of sp³-hybridized carbons (Fsp3) is 0.353. The summed E-state index contributed by atoms with van der Waals surface area (Å²) in [6, 6.07) is 9.06. The number of methoxy groups -OCH3 is 1. The van der Waals surface area contributed by atoms with Gasteiger partial charge in [0.15, 0.2) is 0 Å². The smallest absolute Gasteiger partial charge is 0.336 e. The average Bonchev–Trinajstić information content (AvgIpc) is 2.77. The van der Waals surface area contributed by atoms with E-state index in [4.69, 9.17) is 9.84 Å². The van der Waals surface area contributed by atoms with Crippen LogP contribution in [0.1, 0.15) is 31.9 Å². The molecule has 0 spiro atoms. The van der Waals surface area contributed by atoms with Crippen molar-refractivity contribution in [3.05, 3.63) is 47.2 Å². The maximum Gasteiger partial charge on any atom is 0.336 e. The number of ether oxygens (including phenoxy) is 1. The molecule has 6 nitrogen and oxygen atoms in total. The van der Waals surface area contributed by atoms with E-state index >= 15 is 0 Å². The van der Waals surface area contributed by atoms with E-state index in [2.05, 4.69) is 0 Å². The van der Waals surface area contributed by atoms with Crippen LogP contribution in [0.2, 0.25) is 0 Å². The molecule has 0 saturated heterocycles. The molecule has 1 N–H and O–H groups in total. The molecule has 0 aliphatic carbocycles. The third-order valence-electron chi connectivity index (χ3n) is 4.09. The van der Waals surface area contributed by atoms with Gasteiger partial charge in [-0.15, -0.1) is 0 Å². The summed E-state index contributed by atoms with van der Waals surface area (Å²) in [6.07, 6.45) is -0.432. The molecule has 1 aromatic carbocycles. The lowest BCUT2D eigenvalue weighted by Crippen LogP contribution is -2.32. The lowest BCUT2D eigenvalue weighted by atomic mass is 9.96. The maximum atomic E-state index is 12.7. The SMILES string of the molecule is COC(=O)C1=C(C)N([C@@H](C)c2ccccc2)C(=O)C1CC(=O)O. The summed E-state index contributed by atoms with van der Waals surface area (Å²) in [5.74, 6) is -3.19. The van der Waals surface area contributed by atoms with Crippen LogP contribution >= 0.6 is 0 Å². The molecule has 2 rings (SSSR count). The monoisotopic (exact) mass is 317 g/mol. The number of rotatable bonds is 5. The van der Waals surface area contributed by atoms with E-state index < -0.39 is 24.3 Å². The summed E-state index contributed by atoms with van der Waals surface area (Å²) in [6.45, 7) is 3.49. The van der Waals surface area contributed by atoms with Crippen LogP contribution in [0.3, 0.4) is 0 Å². The molecule has 0 radical (unpaired) electrons. The van der Waals surface area contributed by atoms with Crippen molar-refractivity contribution in [1.82, 2.24) is 4.90 Å².